The summed E-state index contributed by atoms with van der Waals surface area (Å²) in [5.41, 5.74) is 10.1. The first-order valence-electron chi connectivity index (χ1n) is 16.0. The van der Waals surface area contributed by atoms with Crippen LogP contribution in [0.3, 0.4) is 0 Å². The first-order valence-corrected chi connectivity index (χ1v) is 16.0. The fraction of sp³-hybridized carbons (Fsp3) is 0.818. The molecule has 4 heteroatoms. The molecule has 0 aromatic rings. The molecule has 0 saturated heterocycles. The highest BCUT2D eigenvalue weighted by Gasteiger charge is 1.96. The Morgan fingerprint density at radius 3 is 0.649 bits per heavy atom. The predicted molar refractivity (Wildman–Crippen MR) is 161 cm³/mol. The molecule has 0 spiro atoms. The van der Waals surface area contributed by atoms with Crippen molar-refractivity contribution in [3.63, 3.8) is 0 Å². The average Bonchev–Trinajstić information content (AvgIpc) is 2.87. The summed E-state index contributed by atoms with van der Waals surface area (Å²) < 4.78 is 0. The average molecular weight is 519 g/mol. The summed E-state index contributed by atoms with van der Waals surface area (Å²) in [6, 6.07) is 0. The van der Waals surface area contributed by atoms with Gasteiger partial charge in [-0.05, 0) is 37.8 Å². The zero-order valence-electron chi connectivity index (χ0n) is 24.4. The van der Waals surface area contributed by atoms with Gasteiger partial charge in [0, 0.05) is 0 Å². The number of primary amides is 2. The lowest BCUT2D eigenvalue weighted by Gasteiger charge is -2.04. The third kappa shape index (κ3) is 34.4. The number of rotatable bonds is 30. The van der Waals surface area contributed by atoms with Crippen molar-refractivity contribution in [2.75, 3.05) is 0 Å². The van der Waals surface area contributed by atoms with Gasteiger partial charge in [0.15, 0.2) is 0 Å². The molecule has 0 unspecified atom stereocenters. The Balaban J connectivity index is 3.07. The van der Waals surface area contributed by atoms with Gasteiger partial charge in [0.05, 0.1) is 0 Å². The Bertz CT molecular complexity index is 509. The quantitative estimate of drug-likeness (QED) is 0.0732. The zero-order chi connectivity index (χ0) is 27.1. The SMILES string of the molecule is NC(=O)C=CCCCCCCCCCCCCCCCCCCCCCCCCCCCC=CC(N)=O. The van der Waals surface area contributed by atoms with Crippen LogP contribution in [0.1, 0.15) is 173 Å². The molecule has 0 aliphatic heterocycles. The molecule has 0 radical (unpaired) electrons. The van der Waals surface area contributed by atoms with E-state index in [1.54, 1.807) is 0 Å². The number of allylic oxidation sites excluding steroid dienone is 2. The van der Waals surface area contributed by atoms with Crippen molar-refractivity contribution in [3.05, 3.63) is 24.3 Å². The summed E-state index contributed by atoms with van der Waals surface area (Å²) in [4.78, 5) is 21.2. The lowest BCUT2D eigenvalue weighted by atomic mass is 10.0. The third-order valence-corrected chi connectivity index (χ3v) is 7.31. The molecule has 37 heavy (non-hydrogen) atoms. The van der Waals surface area contributed by atoms with Crippen LogP contribution in [0, 0.1) is 0 Å². The highest BCUT2D eigenvalue weighted by Crippen LogP contribution is 2.16. The van der Waals surface area contributed by atoms with Gasteiger partial charge in [0.2, 0.25) is 11.8 Å². The molecule has 0 saturated carbocycles. The number of carbonyl (C=O) groups is 2. The number of unbranched alkanes of at least 4 members (excludes halogenated alkanes) is 26. The molecule has 4 nitrogen and oxygen atoms in total. The van der Waals surface area contributed by atoms with Gasteiger partial charge in [-0.25, -0.2) is 0 Å². The first-order chi connectivity index (χ1) is 18.1. The van der Waals surface area contributed by atoms with Crippen LogP contribution in [0.25, 0.3) is 0 Å². The normalized spacial score (nSPS) is 11.7. The Labute approximate surface area is 230 Å². The van der Waals surface area contributed by atoms with Crippen LogP contribution >= 0.6 is 0 Å². The van der Waals surface area contributed by atoms with Crippen molar-refractivity contribution < 1.29 is 9.59 Å². The van der Waals surface area contributed by atoms with Gasteiger partial charge in [-0.1, -0.05) is 160 Å². The minimum absolute atomic E-state index is 0.336. The van der Waals surface area contributed by atoms with Gasteiger partial charge >= 0.3 is 0 Å². The molecule has 0 aliphatic carbocycles. The maximum Gasteiger partial charge on any atom is 0.241 e. The highest BCUT2D eigenvalue weighted by molar-refractivity contribution is 5.85. The van der Waals surface area contributed by atoms with Crippen LogP contribution < -0.4 is 11.5 Å². The number of amides is 2. The minimum atomic E-state index is -0.336. The number of hydrogen-bond donors (Lipinski definition) is 2. The first kappa shape index (κ1) is 35.4. The van der Waals surface area contributed by atoms with Crippen LogP contribution in [-0.2, 0) is 9.59 Å². The second-order valence-corrected chi connectivity index (χ2v) is 11.0. The third-order valence-electron chi connectivity index (χ3n) is 7.31. The summed E-state index contributed by atoms with van der Waals surface area (Å²) in [7, 11) is 0. The lowest BCUT2D eigenvalue weighted by Crippen LogP contribution is -2.05. The smallest absolute Gasteiger partial charge is 0.241 e. The van der Waals surface area contributed by atoms with Gasteiger partial charge in [-0.2, -0.15) is 0 Å². The van der Waals surface area contributed by atoms with Crippen LogP contribution in [0.2, 0.25) is 0 Å². The van der Waals surface area contributed by atoms with Crippen LogP contribution in [0.5, 0.6) is 0 Å². The molecule has 0 atom stereocenters. The van der Waals surface area contributed by atoms with Crippen molar-refractivity contribution in [3.8, 4) is 0 Å². The predicted octanol–water partition coefficient (Wildman–Crippen LogP) is 9.60. The molecular weight excluding hydrogens is 456 g/mol. The maximum atomic E-state index is 10.6. The molecule has 0 bridgehead atoms. The van der Waals surface area contributed by atoms with Crippen molar-refractivity contribution in [1.82, 2.24) is 0 Å². The maximum absolute atomic E-state index is 10.6. The van der Waals surface area contributed by atoms with E-state index in [4.69, 9.17) is 11.5 Å². The van der Waals surface area contributed by atoms with Gasteiger partial charge in [0.1, 0.15) is 0 Å². The van der Waals surface area contributed by atoms with Gasteiger partial charge in [-0.15, -0.1) is 0 Å². The van der Waals surface area contributed by atoms with E-state index in [9.17, 15) is 9.59 Å². The molecule has 2 amide bonds. The van der Waals surface area contributed by atoms with E-state index in [0.29, 0.717) is 0 Å². The second kappa shape index (κ2) is 30.6. The van der Waals surface area contributed by atoms with E-state index in [2.05, 4.69) is 0 Å². The monoisotopic (exact) mass is 518 g/mol. The number of carbonyl (C=O) groups excluding carboxylic acids is 2. The largest absolute Gasteiger partial charge is 0.366 e. The Hall–Kier alpha value is -1.58. The van der Waals surface area contributed by atoms with Gasteiger partial charge in [0.25, 0.3) is 0 Å². The van der Waals surface area contributed by atoms with E-state index >= 15 is 0 Å². The van der Waals surface area contributed by atoms with Gasteiger partial charge < -0.3 is 11.5 Å². The van der Waals surface area contributed by atoms with E-state index in [0.717, 1.165) is 12.8 Å². The topological polar surface area (TPSA) is 86.2 Å². The fourth-order valence-corrected chi connectivity index (χ4v) is 4.99. The Morgan fingerprint density at radius 2 is 0.486 bits per heavy atom. The summed E-state index contributed by atoms with van der Waals surface area (Å²) in [6.07, 6.45) is 43.2. The summed E-state index contributed by atoms with van der Waals surface area (Å²) in [5, 5.41) is 0. The zero-order valence-corrected chi connectivity index (χ0v) is 24.4. The summed E-state index contributed by atoms with van der Waals surface area (Å²) >= 11 is 0. The Kier molecular flexibility index (Phi) is 29.3. The minimum Gasteiger partial charge on any atom is -0.366 e. The van der Waals surface area contributed by atoms with E-state index in [1.165, 1.54) is 173 Å². The van der Waals surface area contributed by atoms with E-state index in [1.807, 2.05) is 12.2 Å². The second-order valence-electron chi connectivity index (χ2n) is 11.0. The van der Waals surface area contributed by atoms with Crippen LogP contribution in [-0.4, -0.2) is 11.8 Å². The fourth-order valence-electron chi connectivity index (χ4n) is 4.99. The Morgan fingerprint density at radius 1 is 0.324 bits per heavy atom. The molecule has 216 valence electrons. The lowest BCUT2D eigenvalue weighted by molar-refractivity contribution is -0.114. The standard InChI is InChI=1S/C33H62N2O2/c34-32(36)30-28-26-24-22-20-18-16-14-12-10-8-6-4-2-1-3-5-7-9-11-13-15-17-19-21-23-25-27-29-31-33(35)37/h28-31H,1-27H2,(H2,34,36)(H2,35,37). The molecule has 0 heterocycles. The van der Waals surface area contributed by atoms with Crippen molar-refractivity contribution in [2.24, 2.45) is 11.5 Å². The van der Waals surface area contributed by atoms with Gasteiger partial charge in [-0.3, -0.25) is 9.59 Å². The molecule has 0 rings (SSSR count). The van der Waals surface area contributed by atoms with Crippen molar-refractivity contribution in [1.29, 1.82) is 0 Å². The molecule has 0 fully saturated rings. The number of hydrogen-bond acceptors (Lipinski definition) is 2. The summed E-state index contributed by atoms with van der Waals surface area (Å²) in [6.45, 7) is 0. The van der Waals surface area contributed by atoms with E-state index < -0.39 is 0 Å². The van der Waals surface area contributed by atoms with Crippen molar-refractivity contribution >= 4 is 11.8 Å². The molecule has 0 aromatic carbocycles. The van der Waals surface area contributed by atoms with Crippen LogP contribution in [0.15, 0.2) is 24.3 Å². The molecule has 4 N–H and O–H groups in total. The van der Waals surface area contributed by atoms with Crippen molar-refractivity contribution in [2.45, 2.75) is 173 Å². The summed E-state index contributed by atoms with van der Waals surface area (Å²) in [5.74, 6) is -0.672. The van der Waals surface area contributed by atoms with E-state index in [-0.39, 0.29) is 11.8 Å². The molecule has 0 aliphatic rings. The van der Waals surface area contributed by atoms with Crippen LogP contribution in [0.4, 0.5) is 0 Å². The highest BCUT2D eigenvalue weighted by atomic mass is 16.1. The molecular formula is C33H62N2O2. The molecule has 0 aromatic heterocycles. The number of nitrogens with two attached hydrogens (primary N) is 2.